The summed E-state index contributed by atoms with van der Waals surface area (Å²) in [6.07, 6.45) is -5.00. The Labute approximate surface area is 250 Å². The standard InChI is InChI=1S/C23H36FN8O9PS/c1-6-38-18-14-16(28-21(25)30-18)32(9-26-14)20-23(5,24)15(33)13(41-20)7-39-42(37,31-11(4)19(35)40-10(2)3)43-8-12-17(34)29-22(36)27-12/h9-13,15,17,20,33-34H,6-8H2,1-5H3,(H,31,37)(H2,25,28,30)(H2,27,29,36). The lowest BCUT2D eigenvalue weighted by Crippen LogP contribution is -2.41. The maximum absolute atomic E-state index is 16.0. The lowest BCUT2D eigenvalue weighted by atomic mass is 9.98. The number of nitrogens with two attached hydrogens (primary N) is 1. The molecule has 0 aliphatic carbocycles. The fourth-order valence-electron chi connectivity index (χ4n) is 4.41. The number of carbonyl (C=O) groups excluding carboxylic acids is 2. The molecule has 0 spiro atoms. The van der Waals surface area contributed by atoms with E-state index in [9.17, 15) is 24.4 Å². The van der Waals surface area contributed by atoms with Crippen molar-refractivity contribution in [2.24, 2.45) is 0 Å². The Kier molecular flexibility index (Phi) is 10.0. The fourth-order valence-corrected chi connectivity index (χ4v) is 8.35. The summed E-state index contributed by atoms with van der Waals surface area (Å²) in [5.41, 5.74) is 3.71. The molecule has 8 atom stereocenters. The highest BCUT2D eigenvalue weighted by Gasteiger charge is 2.56. The molecule has 2 saturated heterocycles. The topological polar surface area (TPSA) is 234 Å². The maximum atomic E-state index is 16.0. The Balaban J connectivity index is 1.53. The molecule has 0 aromatic carbocycles. The lowest BCUT2D eigenvalue weighted by molar-refractivity contribution is -0.149. The monoisotopic (exact) mass is 650 g/mol. The van der Waals surface area contributed by atoms with Gasteiger partial charge in [0, 0.05) is 5.75 Å². The van der Waals surface area contributed by atoms with Crippen LogP contribution in [0.15, 0.2) is 6.33 Å². The summed E-state index contributed by atoms with van der Waals surface area (Å²) in [7, 11) is 0. The molecule has 43 heavy (non-hydrogen) atoms. The van der Waals surface area contributed by atoms with Crippen LogP contribution in [-0.2, 0) is 23.4 Å². The van der Waals surface area contributed by atoms with E-state index in [-0.39, 0.29) is 35.4 Å². The molecule has 4 heterocycles. The largest absolute Gasteiger partial charge is 0.476 e. The second-order valence-electron chi connectivity index (χ2n) is 10.4. The van der Waals surface area contributed by atoms with Gasteiger partial charge in [0.05, 0.1) is 31.7 Å². The zero-order chi connectivity index (χ0) is 31.7. The third-order valence-electron chi connectivity index (χ3n) is 6.52. The number of nitrogens with zero attached hydrogens (tertiary/aromatic N) is 4. The average Bonchev–Trinajstić information content (AvgIpc) is 3.54. The average molecular weight is 651 g/mol. The summed E-state index contributed by atoms with van der Waals surface area (Å²) >= 11 is 0.693. The Bertz CT molecular complexity index is 1380. The van der Waals surface area contributed by atoms with E-state index in [4.69, 9.17) is 24.5 Å². The first-order valence-electron chi connectivity index (χ1n) is 13.4. The van der Waals surface area contributed by atoms with Gasteiger partial charge in [-0.3, -0.25) is 13.9 Å². The van der Waals surface area contributed by atoms with Crippen molar-refractivity contribution in [3.63, 3.8) is 0 Å². The van der Waals surface area contributed by atoms with Gasteiger partial charge < -0.3 is 45.3 Å². The van der Waals surface area contributed by atoms with E-state index in [1.807, 2.05) is 0 Å². The number of aliphatic hydroxyl groups is 2. The van der Waals surface area contributed by atoms with Crippen LogP contribution in [0.2, 0.25) is 0 Å². The summed E-state index contributed by atoms with van der Waals surface area (Å²) in [6, 6.07) is -2.54. The van der Waals surface area contributed by atoms with Gasteiger partial charge in [0.1, 0.15) is 24.5 Å². The van der Waals surface area contributed by atoms with Crippen molar-refractivity contribution in [3.8, 4) is 5.88 Å². The smallest absolute Gasteiger partial charge is 0.327 e. The number of anilines is 1. The molecular weight excluding hydrogens is 614 g/mol. The Hall–Kier alpha value is -2.80. The highest BCUT2D eigenvalue weighted by atomic mass is 32.7. The summed E-state index contributed by atoms with van der Waals surface area (Å²) in [5.74, 6) is -0.860. The predicted octanol–water partition coefficient (Wildman–Crippen LogP) is 0.581. The number of hydrogen-bond acceptors (Lipinski definition) is 14. The minimum atomic E-state index is -4.04. The minimum absolute atomic E-state index is 0.0932. The number of nitrogen functional groups attached to an aromatic ring is 1. The van der Waals surface area contributed by atoms with Gasteiger partial charge in [0.25, 0.3) is 0 Å². The van der Waals surface area contributed by atoms with Crippen LogP contribution in [-0.4, -0.2) is 103 Å². The molecule has 7 N–H and O–H groups in total. The molecule has 4 rings (SSSR count). The van der Waals surface area contributed by atoms with E-state index in [1.165, 1.54) is 17.8 Å². The number of hydrogen-bond donors (Lipinski definition) is 6. The van der Waals surface area contributed by atoms with Crippen LogP contribution in [0.25, 0.3) is 11.2 Å². The zero-order valence-electron chi connectivity index (χ0n) is 24.1. The first-order valence-corrected chi connectivity index (χ1v) is 16.6. The van der Waals surface area contributed by atoms with Crippen LogP contribution in [0.5, 0.6) is 5.88 Å². The van der Waals surface area contributed by atoms with Crippen LogP contribution in [0.3, 0.4) is 0 Å². The number of esters is 1. The van der Waals surface area contributed by atoms with Gasteiger partial charge in [-0.15, -0.1) is 0 Å². The number of aliphatic hydroxyl groups excluding tert-OH is 2. The molecule has 0 radical (unpaired) electrons. The molecule has 0 bridgehead atoms. The van der Waals surface area contributed by atoms with Crippen LogP contribution in [0.4, 0.5) is 15.1 Å². The summed E-state index contributed by atoms with van der Waals surface area (Å²) in [5, 5.41) is 28.3. The van der Waals surface area contributed by atoms with E-state index in [1.54, 1.807) is 20.8 Å². The molecule has 0 saturated carbocycles. The number of halogens is 1. The summed E-state index contributed by atoms with van der Waals surface area (Å²) < 4.78 is 53.4. The first-order chi connectivity index (χ1) is 20.1. The molecule has 8 unspecified atom stereocenters. The van der Waals surface area contributed by atoms with Gasteiger partial charge in [-0.25, -0.2) is 19.3 Å². The molecular formula is C23H36FN8O9PS. The number of urea groups is 1. The third kappa shape index (κ3) is 7.30. The normalized spacial score (nSPS) is 29.3. The van der Waals surface area contributed by atoms with Crippen molar-refractivity contribution in [2.45, 2.75) is 83.1 Å². The van der Waals surface area contributed by atoms with Crippen molar-refractivity contribution >= 4 is 47.2 Å². The van der Waals surface area contributed by atoms with E-state index in [2.05, 4.69) is 30.7 Å². The number of rotatable bonds is 13. The molecule has 2 fully saturated rings. The molecule has 240 valence electrons. The van der Waals surface area contributed by atoms with Gasteiger partial charge in [-0.05, 0) is 34.6 Å². The van der Waals surface area contributed by atoms with Crippen molar-refractivity contribution in [1.82, 2.24) is 35.2 Å². The third-order valence-corrected chi connectivity index (χ3v) is 10.7. The Morgan fingerprint density at radius 3 is 2.70 bits per heavy atom. The lowest BCUT2D eigenvalue weighted by Gasteiger charge is -2.26. The molecule has 2 aromatic heterocycles. The van der Waals surface area contributed by atoms with Crippen molar-refractivity contribution in [2.75, 3.05) is 24.7 Å². The van der Waals surface area contributed by atoms with Crippen molar-refractivity contribution < 1.29 is 47.5 Å². The van der Waals surface area contributed by atoms with E-state index < -0.39 is 73.8 Å². The van der Waals surface area contributed by atoms with Crippen LogP contribution in [0.1, 0.15) is 40.8 Å². The molecule has 17 nitrogen and oxygen atoms in total. The van der Waals surface area contributed by atoms with E-state index in [0.717, 1.165) is 6.92 Å². The minimum Gasteiger partial charge on any atom is -0.476 e. The second-order valence-corrected chi connectivity index (χ2v) is 14.7. The summed E-state index contributed by atoms with van der Waals surface area (Å²) in [6.45, 7) is 3.22. The number of amides is 2. The number of carbonyl (C=O) groups is 2. The molecule has 2 aromatic rings. The van der Waals surface area contributed by atoms with Crippen molar-refractivity contribution in [3.05, 3.63) is 6.33 Å². The van der Waals surface area contributed by atoms with Gasteiger partial charge in [0.2, 0.25) is 11.8 Å². The van der Waals surface area contributed by atoms with Crippen LogP contribution >= 0.6 is 18.1 Å². The number of ether oxygens (including phenoxy) is 3. The predicted molar refractivity (Wildman–Crippen MR) is 152 cm³/mol. The first kappa shape index (κ1) is 33.1. The molecule has 20 heteroatoms. The van der Waals surface area contributed by atoms with Gasteiger partial charge in [0.15, 0.2) is 23.1 Å². The number of aromatic nitrogens is 4. The molecule has 2 aliphatic rings. The highest BCUT2D eigenvalue weighted by molar-refractivity contribution is 8.56. The summed E-state index contributed by atoms with van der Waals surface area (Å²) in [4.78, 5) is 36.3. The van der Waals surface area contributed by atoms with Crippen LogP contribution < -0.4 is 26.2 Å². The highest BCUT2D eigenvalue weighted by Crippen LogP contribution is 2.57. The fraction of sp³-hybridized carbons (Fsp3) is 0.696. The number of imidazole rings is 1. The van der Waals surface area contributed by atoms with Gasteiger partial charge >= 0.3 is 18.7 Å². The van der Waals surface area contributed by atoms with Gasteiger partial charge in [-0.1, -0.05) is 11.4 Å². The molecule has 2 aliphatic heterocycles. The quantitative estimate of drug-likeness (QED) is 0.129. The van der Waals surface area contributed by atoms with Crippen LogP contribution in [0, 0.1) is 0 Å². The van der Waals surface area contributed by atoms with E-state index in [0.29, 0.717) is 11.4 Å². The zero-order valence-corrected chi connectivity index (χ0v) is 25.8. The van der Waals surface area contributed by atoms with E-state index >= 15 is 4.39 Å². The number of alkyl halides is 1. The SMILES string of the molecule is CCOc1nc(N)nc2c1ncn2C1OC(COP(=O)(NC(C)C(=O)OC(C)C)SCC2NC(=O)NC2O)C(O)C1(C)F. The number of nitrogens with one attached hydrogen (secondary N) is 3. The number of fused-ring (bicyclic) bond motifs is 1. The Morgan fingerprint density at radius 1 is 1.35 bits per heavy atom. The second kappa shape index (κ2) is 13.1. The molecule has 2 amide bonds. The van der Waals surface area contributed by atoms with Gasteiger partial charge in [-0.2, -0.15) is 9.97 Å². The maximum Gasteiger partial charge on any atom is 0.327 e. The van der Waals surface area contributed by atoms with Crippen molar-refractivity contribution in [1.29, 1.82) is 0 Å². The Morgan fingerprint density at radius 2 is 2.07 bits per heavy atom.